The molecule has 4 amide bonds. The molecule has 2 aliphatic heterocycles. The van der Waals surface area contributed by atoms with Gasteiger partial charge in [0.2, 0.25) is 0 Å². The van der Waals surface area contributed by atoms with Crippen LogP contribution in [0.25, 0.3) is 0 Å². The second-order valence-electron chi connectivity index (χ2n) is 8.90. The molecule has 4 N–H and O–H groups in total. The smallest absolute Gasteiger partial charge is 0.337 e. The van der Waals surface area contributed by atoms with E-state index in [4.69, 9.17) is 18.9 Å². The molecule has 12 nitrogen and oxygen atoms in total. The average Bonchev–Trinajstić information content (AvgIpc) is 2.94. The lowest BCUT2D eigenvalue weighted by Gasteiger charge is -2.29. The van der Waals surface area contributed by atoms with Crippen LogP contribution in [0.2, 0.25) is 0 Å². The standard InChI is InChI=1S/C28H30N4O8/c1-15-21(25(33)37-3)23(31-27(35)29-15)17-9-5-7-11-19(17)39-13-14-40-20-12-8-6-10-18(20)24-22(26(34)38-4)16(2)30-28(36)32-24/h5-12,23-24H,13-14H2,1-4H3,(H2,29,31,35)(H2,30,32,36)/t23-,24-/m0/s1. The van der Waals surface area contributed by atoms with Gasteiger partial charge < -0.3 is 40.2 Å². The Balaban J connectivity index is 1.51. The highest BCUT2D eigenvalue weighted by Gasteiger charge is 2.35. The van der Waals surface area contributed by atoms with E-state index in [1.807, 2.05) is 0 Å². The fourth-order valence-electron chi connectivity index (χ4n) is 4.62. The van der Waals surface area contributed by atoms with Crippen molar-refractivity contribution in [2.75, 3.05) is 27.4 Å². The summed E-state index contributed by atoms with van der Waals surface area (Å²) in [5.41, 5.74) is 2.43. The Hall–Kier alpha value is -5.00. The minimum atomic E-state index is -0.783. The number of benzene rings is 2. The number of nitrogens with one attached hydrogen (secondary N) is 4. The van der Waals surface area contributed by atoms with Gasteiger partial charge in [0, 0.05) is 22.5 Å². The number of carbonyl (C=O) groups is 4. The highest BCUT2D eigenvalue weighted by molar-refractivity contribution is 5.96. The van der Waals surface area contributed by atoms with Crippen LogP contribution in [-0.4, -0.2) is 51.4 Å². The molecule has 0 aliphatic carbocycles. The topological polar surface area (TPSA) is 153 Å². The van der Waals surface area contributed by atoms with Crippen LogP contribution in [0.1, 0.15) is 37.1 Å². The van der Waals surface area contributed by atoms with Gasteiger partial charge in [-0.2, -0.15) is 0 Å². The van der Waals surface area contributed by atoms with Gasteiger partial charge in [-0.05, 0) is 26.0 Å². The maximum Gasteiger partial charge on any atom is 0.337 e. The molecule has 12 heteroatoms. The van der Waals surface area contributed by atoms with Gasteiger partial charge >= 0.3 is 24.0 Å². The molecule has 0 saturated carbocycles. The molecule has 2 aliphatic rings. The zero-order valence-corrected chi connectivity index (χ0v) is 22.5. The molecule has 40 heavy (non-hydrogen) atoms. The van der Waals surface area contributed by atoms with Crippen LogP contribution >= 0.6 is 0 Å². The number of esters is 2. The van der Waals surface area contributed by atoms with E-state index in [1.165, 1.54) is 14.2 Å². The van der Waals surface area contributed by atoms with E-state index >= 15 is 0 Å². The Labute approximate surface area is 230 Å². The highest BCUT2D eigenvalue weighted by Crippen LogP contribution is 2.35. The number of methoxy groups -OCH3 is 2. The fourth-order valence-corrected chi connectivity index (χ4v) is 4.62. The number of amides is 4. The Morgan fingerprint density at radius 2 is 1.05 bits per heavy atom. The minimum Gasteiger partial charge on any atom is -0.490 e. The van der Waals surface area contributed by atoms with Crippen LogP contribution in [0, 0.1) is 0 Å². The molecule has 210 valence electrons. The van der Waals surface area contributed by atoms with Gasteiger partial charge in [0.25, 0.3) is 0 Å². The molecule has 0 aromatic heterocycles. The van der Waals surface area contributed by atoms with E-state index < -0.39 is 36.1 Å². The lowest BCUT2D eigenvalue weighted by Crippen LogP contribution is -2.45. The van der Waals surface area contributed by atoms with E-state index in [2.05, 4.69) is 21.3 Å². The summed E-state index contributed by atoms with van der Waals surface area (Å²) in [5.74, 6) is -0.272. The van der Waals surface area contributed by atoms with Crippen molar-refractivity contribution >= 4 is 24.0 Å². The highest BCUT2D eigenvalue weighted by atomic mass is 16.5. The zero-order valence-electron chi connectivity index (χ0n) is 22.5. The number of para-hydroxylation sites is 2. The van der Waals surface area contributed by atoms with Gasteiger partial charge in [-0.1, -0.05) is 36.4 Å². The molecule has 4 rings (SSSR count). The van der Waals surface area contributed by atoms with Crippen molar-refractivity contribution in [3.63, 3.8) is 0 Å². The van der Waals surface area contributed by atoms with E-state index in [1.54, 1.807) is 62.4 Å². The van der Waals surface area contributed by atoms with Crippen LogP contribution in [0.5, 0.6) is 11.5 Å². The van der Waals surface area contributed by atoms with Crippen LogP contribution in [0.15, 0.2) is 71.1 Å². The predicted molar refractivity (Wildman–Crippen MR) is 142 cm³/mol. The third-order valence-corrected chi connectivity index (χ3v) is 6.41. The van der Waals surface area contributed by atoms with Gasteiger partial charge in [0.05, 0.1) is 37.4 Å². The first-order valence-electron chi connectivity index (χ1n) is 12.4. The van der Waals surface area contributed by atoms with Crippen molar-refractivity contribution in [2.24, 2.45) is 0 Å². The van der Waals surface area contributed by atoms with E-state index in [9.17, 15) is 19.2 Å². The van der Waals surface area contributed by atoms with Crippen molar-refractivity contribution in [1.29, 1.82) is 0 Å². The summed E-state index contributed by atoms with van der Waals surface area (Å²) in [7, 11) is 2.54. The number of hydrogen-bond donors (Lipinski definition) is 4. The van der Waals surface area contributed by atoms with Gasteiger partial charge in [0.1, 0.15) is 24.7 Å². The summed E-state index contributed by atoms with van der Waals surface area (Å²) in [4.78, 5) is 49.4. The summed E-state index contributed by atoms with van der Waals surface area (Å²) in [5, 5.41) is 10.7. The van der Waals surface area contributed by atoms with Crippen LogP contribution in [0.3, 0.4) is 0 Å². The molecule has 2 aromatic carbocycles. The first-order valence-corrected chi connectivity index (χ1v) is 12.4. The Bertz CT molecular complexity index is 1290. The molecule has 2 aromatic rings. The Kier molecular flexibility index (Phi) is 8.57. The van der Waals surface area contributed by atoms with Crippen molar-refractivity contribution in [3.05, 3.63) is 82.2 Å². The summed E-state index contributed by atoms with van der Waals surface area (Å²) < 4.78 is 21.9. The largest absolute Gasteiger partial charge is 0.490 e. The van der Waals surface area contributed by atoms with Crippen LogP contribution in [0.4, 0.5) is 9.59 Å². The van der Waals surface area contributed by atoms with Crippen molar-refractivity contribution in [2.45, 2.75) is 25.9 Å². The summed E-state index contributed by atoms with van der Waals surface area (Å²) in [6.45, 7) is 3.47. The average molecular weight is 551 g/mol. The molecule has 0 radical (unpaired) electrons. The summed E-state index contributed by atoms with van der Waals surface area (Å²) in [6, 6.07) is 11.6. The summed E-state index contributed by atoms with van der Waals surface area (Å²) >= 11 is 0. The fraction of sp³-hybridized carbons (Fsp3) is 0.286. The van der Waals surface area contributed by atoms with E-state index in [0.717, 1.165) is 0 Å². The van der Waals surface area contributed by atoms with E-state index in [0.29, 0.717) is 34.0 Å². The molecule has 0 spiro atoms. The molecule has 0 fully saturated rings. The van der Waals surface area contributed by atoms with E-state index in [-0.39, 0.29) is 24.4 Å². The van der Waals surface area contributed by atoms with Crippen molar-refractivity contribution < 1.29 is 38.1 Å². The third-order valence-electron chi connectivity index (χ3n) is 6.41. The van der Waals surface area contributed by atoms with Gasteiger partial charge in [0.15, 0.2) is 0 Å². The maximum atomic E-state index is 12.5. The molecule has 2 atom stereocenters. The van der Waals surface area contributed by atoms with Crippen LogP contribution < -0.4 is 30.7 Å². The SMILES string of the molecule is COC(=O)C1=C(C)NC(=O)N[C@H]1c1ccccc1OCCOc1ccccc1[C@@H]1NC(=O)NC(C)=C1C(=O)OC. The number of ether oxygens (including phenoxy) is 4. The van der Waals surface area contributed by atoms with Crippen molar-refractivity contribution in [3.8, 4) is 11.5 Å². The number of allylic oxidation sites excluding steroid dienone is 2. The van der Waals surface area contributed by atoms with Crippen LogP contribution in [-0.2, 0) is 19.1 Å². The second kappa shape index (κ2) is 12.2. The lowest BCUT2D eigenvalue weighted by atomic mass is 9.95. The minimum absolute atomic E-state index is 0.109. The van der Waals surface area contributed by atoms with Gasteiger partial charge in [-0.15, -0.1) is 0 Å². The van der Waals surface area contributed by atoms with Gasteiger partial charge in [-0.3, -0.25) is 0 Å². The molecular weight excluding hydrogens is 520 g/mol. The molecule has 0 unspecified atom stereocenters. The number of rotatable bonds is 9. The predicted octanol–water partition coefficient (Wildman–Crippen LogP) is 2.75. The first-order chi connectivity index (χ1) is 19.2. The normalized spacial score (nSPS) is 18.6. The molecule has 2 heterocycles. The molecule has 0 saturated heterocycles. The molecule has 0 bridgehead atoms. The molecular formula is C28H30N4O8. The first kappa shape index (κ1) is 28.0. The Morgan fingerprint density at radius 1 is 0.675 bits per heavy atom. The lowest BCUT2D eigenvalue weighted by molar-refractivity contribution is -0.137. The zero-order chi connectivity index (χ0) is 28.8. The number of hydrogen-bond acceptors (Lipinski definition) is 8. The van der Waals surface area contributed by atoms with Crippen molar-refractivity contribution in [1.82, 2.24) is 21.3 Å². The Morgan fingerprint density at radius 3 is 1.43 bits per heavy atom. The quantitative estimate of drug-likeness (QED) is 0.275. The number of carbonyl (C=O) groups excluding carboxylic acids is 4. The summed E-state index contributed by atoms with van der Waals surface area (Å²) in [6.07, 6.45) is 0. The maximum absolute atomic E-state index is 12.5. The monoisotopic (exact) mass is 550 g/mol. The third kappa shape index (κ3) is 5.85. The number of urea groups is 2. The van der Waals surface area contributed by atoms with Gasteiger partial charge in [-0.25, -0.2) is 19.2 Å². The second-order valence-corrected chi connectivity index (χ2v) is 8.90.